The highest BCUT2D eigenvalue weighted by Gasteiger charge is 2.17. The molecule has 0 spiro atoms. The highest BCUT2D eigenvalue weighted by atomic mass is 16.1. The minimum Gasteiger partial charge on any atom is -0.353 e. The number of rotatable bonds is 4. The lowest BCUT2D eigenvalue weighted by atomic mass is 9.86. The third-order valence-electron chi connectivity index (χ3n) is 4.72. The van der Waals surface area contributed by atoms with E-state index in [0.717, 1.165) is 18.8 Å². The maximum absolute atomic E-state index is 12.0. The summed E-state index contributed by atoms with van der Waals surface area (Å²) in [6.45, 7) is 0. The van der Waals surface area contributed by atoms with Crippen LogP contribution in [0, 0.1) is 5.92 Å². The molecule has 2 saturated carbocycles. The maximum Gasteiger partial charge on any atom is 0.220 e. The molecule has 0 aromatic rings. The van der Waals surface area contributed by atoms with Gasteiger partial charge in [0.1, 0.15) is 0 Å². The molecule has 2 rings (SSSR count). The quantitative estimate of drug-likeness (QED) is 0.746. The van der Waals surface area contributed by atoms with E-state index in [9.17, 15) is 4.79 Å². The van der Waals surface area contributed by atoms with Crippen LogP contribution in [-0.4, -0.2) is 11.9 Å². The van der Waals surface area contributed by atoms with Gasteiger partial charge in [-0.2, -0.15) is 0 Å². The van der Waals surface area contributed by atoms with Gasteiger partial charge < -0.3 is 5.32 Å². The van der Waals surface area contributed by atoms with E-state index >= 15 is 0 Å². The van der Waals surface area contributed by atoms with Gasteiger partial charge in [-0.3, -0.25) is 4.79 Å². The van der Waals surface area contributed by atoms with Crippen molar-refractivity contribution < 1.29 is 4.79 Å². The van der Waals surface area contributed by atoms with E-state index in [-0.39, 0.29) is 0 Å². The smallest absolute Gasteiger partial charge is 0.220 e. The van der Waals surface area contributed by atoms with Gasteiger partial charge >= 0.3 is 0 Å². The topological polar surface area (TPSA) is 29.1 Å². The van der Waals surface area contributed by atoms with Crippen LogP contribution in [0.5, 0.6) is 0 Å². The Balaban J connectivity index is 1.61. The average molecular weight is 251 g/mol. The van der Waals surface area contributed by atoms with Gasteiger partial charge in [-0.1, -0.05) is 57.8 Å². The number of hydrogen-bond acceptors (Lipinski definition) is 1. The van der Waals surface area contributed by atoms with Crippen LogP contribution in [-0.2, 0) is 4.79 Å². The zero-order valence-corrected chi connectivity index (χ0v) is 11.8. The lowest BCUT2D eigenvalue weighted by Gasteiger charge is -2.22. The van der Waals surface area contributed by atoms with E-state index in [4.69, 9.17) is 0 Å². The molecule has 104 valence electrons. The molecule has 0 heterocycles. The first-order valence-corrected chi connectivity index (χ1v) is 8.14. The molecule has 0 aromatic carbocycles. The predicted octanol–water partition coefficient (Wildman–Crippen LogP) is 4.19. The second-order valence-corrected chi connectivity index (χ2v) is 6.30. The summed E-state index contributed by atoms with van der Waals surface area (Å²) in [7, 11) is 0. The summed E-state index contributed by atoms with van der Waals surface area (Å²) in [4.78, 5) is 12.0. The van der Waals surface area contributed by atoms with Crippen LogP contribution in [0.2, 0.25) is 0 Å². The molecule has 2 aliphatic rings. The molecular formula is C16H29NO. The van der Waals surface area contributed by atoms with Gasteiger partial charge in [-0.05, 0) is 25.2 Å². The minimum absolute atomic E-state index is 0.312. The van der Waals surface area contributed by atoms with Gasteiger partial charge in [-0.25, -0.2) is 0 Å². The Morgan fingerprint density at radius 2 is 1.39 bits per heavy atom. The lowest BCUT2D eigenvalue weighted by molar-refractivity contribution is -0.122. The summed E-state index contributed by atoms with van der Waals surface area (Å²) in [5.74, 6) is 1.14. The Labute approximate surface area is 112 Å². The zero-order valence-electron chi connectivity index (χ0n) is 11.8. The second kappa shape index (κ2) is 7.81. The van der Waals surface area contributed by atoms with Crippen LogP contribution in [0.4, 0.5) is 0 Å². The minimum atomic E-state index is 0.312. The normalized spacial score (nSPS) is 23.6. The zero-order chi connectivity index (χ0) is 12.6. The summed E-state index contributed by atoms with van der Waals surface area (Å²) in [6, 6.07) is 0.478. The van der Waals surface area contributed by atoms with Crippen LogP contribution in [0.15, 0.2) is 0 Å². The highest BCUT2D eigenvalue weighted by molar-refractivity contribution is 5.76. The number of amides is 1. The maximum atomic E-state index is 12.0. The number of hydrogen-bond donors (Lipinski definition) is 1. The Kier molecular flexibility index (Phi) is 6.02. The highest BCUT2D eigenvalue weighted by Crippen LogP contribution is 2.27. The van der Waals surface area contributed by atoms with Crippen molar-refractivity contribution in [3.63, 3.8) is 0 Å². The Morgan fingerprint density at radius 1 is 0.833 bits per heavy atom. The van der Waals surface area contributed by atoms with Crippen LogP contribution >= 0.6 is 0 Å². The first kappa shape index (κ1) is 13.9. The average Bonchev–Trinajstić information content (AvgIpc) is 2.66. The standard InChI is InChI=1S/C16H29NO/c18-16(13-12-14-8-4-3-5-9-14)17-15-10-6-1-2-7-11-15/h14-15H,1-13H2,(H,17,18). The summed E-state index contributed by atoms with van der Waals surface area (Å²) >= 11 is 0. The fraction of sp³-hybridized carbons (Fsp3) is 0.938. The third-order valence-corrected chi connectivity index (χ3v) is 4.72. The van der Waals surface area contributed by atoms with Crippen molar-refractivity contribution in [2.45, 2.75) is 89.5 Å². The van der Waals surface area contributed by atoms with E-state index in [1.165, 1.54) is 70.6 Å². The van der Waals surface area contributed by atoms with E-state index in [2.05, 4.69) is 5.32 Å². The molecule has 1 N–H and O–H groups in total. The van der Waals surface area contributed by atoms with E-state index in [1.54, 1.807) is 0 Å². The van der Waals surface area contributed by atoms with Gasteiger partial charge in [0, 0.05) is 12.5 Å². The van der Waals surface area contributed by atoms with Crippen molar-refractivity contribution >= 4 is 5.91 Å². The van der Waals surface area contributed by atoms with Crippen LogP contribution in [0.3, 0.4) is 0 Å². The number of nitrogens with one attached hydrogen (secondary N) is 1. The molecule has 18 heavy (non-hydrogen) atoms. The molecule has 0 aromatic heterocycles. The van der Waals surface area contributed by atoms with Crippen molar-refractivity contribution in [3.05, 3.63) is 0 Å². The summed E-state index contributed by atoms with van der Waals surface area (Å²) in [5.41, 5.74) is 0. The molecule has 0 radical (unpaired) electrons. The fourth-order valence-electron chi connectivity index (χ4n) is 3.53. The molecule has 1 amide bonds. The van der Waals surface area contributed by atoms with Crippen molar-refractivity contribution in [1.82, 2.24) is 5.32 Å². The molecule has 0 atom stereocenters. The first-order valence-electron chi connectivity index (χ1n) is 8.14. The Morgan fingerprint density at radius 3 is 2.06 bits per heavy atom. The molecule has 2 nitrogen and oxygen atoms in total. The molecule has 2 heteroatoms. The van der Waals surface area contributed by atoms with E-state index in [1.807, 2.05) is 0 Å². The van der Waals surface area contributed by atoms with Crippen LogP contribution in [0.25, 0.3) is 0 Å². The summed E-state index contributed by atoms with van der Waals surface area (Å²) in [6.07, 6.45) is 16.5. The number of carbonyl (C=O) groups is 1. The van der Waals surface area contributed by atoms with Gasteiger partial charge in [-0.15, -0.1) is 0 Å². The van der Waals surface area contributed by atoms with Gasteiger partial charge in [0.25, 0.3) is 0 Å². The lowest BCUT2D eigenvalue weighted by Crippen LogP contribution is -2.34. The van der Waals surface area contributed by atoms with E-state index in [0.29, 0.717) is 11.9 Å². The SMILES string of the molecule is O=C(CCC1CCCCC1)NC1CCCCCC1. The van der Waals surface area contributed by atoms with E-state index < -0.39 is 0 Å². The largest absolute Gasteiger partial charge is 0.353 e. The molecule has 0 aliphatic heterocycles. The summed E-state index contributed by atoms with van der Waals surface area (Å²) < 4.78 is 0. The molecule has 0 saturated heterocycles. The monoisotopic (exact) mass is 251 g/mol. The molecular weight excluding hydrogens is 222 g/mol. The molecule has 0 bridgehead atoms. The Hall–Kier alpha value is -0.530. The van der Waals surface area contributed by atoms with Gasteiger partial charge in [0.2, 0.25) is 5.91 Å². The molecule has 2 fully saturated rings. The number of carbonyl (C=O) groups excluding carboxylic acids is 1. The molecule has 2 aliphatic carbocycles. The summed E-state index contributed by atoms with van der Waals surface area (Å²) in [5, 5.41) is 3.26. The Bertz CT molecular complexity index is 237. The fourth-order valence-corrected chi connectivity index (χ4v) is 3.53. The van der Waals surface area contributed by atoms with Crippen molar-refractivity contribution in [3.8, 4) is 0 Å². The van der Waals surface area contributed by atoms with Crippen molar-refractivity contribution in [1.29, 1.82) is 0 Å². The van der Waals surface area contributed by atoms with Crippen LogP contribution < -0.4 is 5.32 Å². The van der Waals surface area contributed by atoms with Crippen LogP contribution in [0.1, 0.15) is 83.5 Å². The van der Waals surface area contributed by atoms with Gasteiger partial charge in [0.05, 0.1) is 0 Å². The van der Waals surface area contributed by atoms with Crippen molar-refractivity contribution in [2.24, 2.45) is 5.92 Å². The second-order valence-electron chi connectivity index (χ2n) is 6.30. The van der Waals surface area contributed by atoms with Gasteiger partial charge in [0.15, 0.2) is 0 Å². The molecule has 0 unspecified atom stereocenters. The third kappa shape index (κ3) is 4.99. The first-order chi connectivity index (χ1) is 8.84. The predicted molar refractivity (Wildman–Crippen MR) is 75.4 cm³/mol. The van der Waals surface area contributed by atoms with Crippen molar-refractivity contribution in [2.75, 3.05) is 0 Å².